The van der Waals surface area contributed by atoms with Gasteiger partial charge in [-0.1, -0.05) is 41.6 Å². The van der Waals surface area contributed by atoms with Crippen LogP contribution in [0.2, 0.25) is 5.15 Å². The van der Waals surface area contributed by atoms with Crippen LogP contribution in [0.4, 0.5) is 0 Å². The largest absolute Gasteiger partial charge is 0.244 e. The summed E-state index contributed by atoms with van der Waals surface area (Å²) in [5, 5.41) is 13.1. The van der Waals surface area contributed by atoms with Crippen LogP contribution in [0, 0.1) is 6.92 Å². The van der Waals surface area contributed by atoms with Crippen molar-refractivity contribution in [2.24, 2.45) is 0 Å². The van der Waals surface area contributed by atoms with Crippen LogP contribution in [0.3, 0.4) is 0 Å². The Morgan fingerprint density at radius 1 is 1.24 bits per heavy atom. The molecule has 0 aliphatic carbocycles. The zero-order valence-corrected chi connectivity index (χ0v) is 12.8. The van der Waals surface area contributed by atoms with Gasteiger partial charge in [0.2, 0.25) is 5.16 Å². The topological polar surface area (TPSA) is 56.5 Å². The fourth-order valence-electron chi connectivity index (χ4n) is 1.83. The van der Waals surface area contributed by atoms with Crippen LogP contribution < -0.4 is 0 Å². The van der Waals surface area contributed by atoms with E-state index in [4.69, 9.17) is 11.6 Å². The summed E-state index contributed by atoms with van der Waals surface area (Å²) in [5.74, 6) is 0.732. The van der Waals surface area contributed by atoms with E-state index in [9.17, 15) is 0 Å². The van der Waals surface area contributed by atoms with Gasteiger partial charge >= 0.3 is 0 Å². The Labute approximate surface area is 131 Å². The van der Waals surface area contributed by atoms with Gasteiger partial charge in [0.15, 0.2) is 0 Å². The van der Waals surface area contributed by atoms with E-state index < -0.39 is 0 Å². The second-order valence-corrected chi connectivity index (χ2v) is 5.82. The summed E-state index contributed by atoms with van der Waals surface area (Å²) in [6.45, 7) is 2.04. The van der Waals surface area contributed by atoms with Crippen molar-refractivity contribution in [1.29, 1.82) is 0 Å². The maximum atomic E-state index is 5.78. The van der Waals surface area contributed by atoms with Crippen molar-refractivity contribution in [3.05, 3.63) is 58.9 Å². The first-order valence-corrected chi connectivity index (χ1v) is 7.67. The molecule has 2 aromatic heterocycles. The van der Waals surface area contributed by atoms with E-state index >= 15 is 0 Å². The Balaban J connectivity index is 1.78. The first kappa shape index (κ1) is 14.0. The molecule has 2 heterocycles. The van der Waals surface area contributed by atoms with Gasteiger partial charge in [-0.3, -0.25) is 0 Å². The Morgan fingerprint density at radius 3 is 2.90 bits per heavy atom. The molecule has 21 heavy (non-hydrogen) atoms. The van der Waals surface area contributed by atoms with Crippen molar-refractivity contribution < 1.29 is 0 Å². The normalized spacial score (nSPS) is 10.8. The third-order valence-corrected chi connectivity index (χ3v) is 4.06. The van der Waals surface area contributed by atoms with Crippen LogP contribution in [-0.4, -0.2) is 25.2 Å². The highest BCUT2D eigenvalue weighted by Gasteiger charge is 2.09. The molecule has 0 spiro atoms. The van der Waals surface area contributed by atoms with Gasteiger partial charge in [-0.2, -0.15) is 4.68 Å². The van der Waals surface area contributed by atoms with Crippen LogP contribution in [0.25, 0.3) is 5.69 Å². The summed E-state index contributed by atoms with van der Waals surface area (Å²) in [4.78, 5) is 4.06. The molecule has 0 radical (unpaired) electrons. The van der Waals surface area contributed by atoms with E-state index in [1.165, 1.54) is 5.56 Å². The average molecular weight is 318 g/mol. The number of aryl methyl sites for hydroxylation is 1. The summed E-state index contributed by atoms with van der Waals surface area (Å²) >= 11 is 7.33. The molecule has 0 fully saturated rings. The number of benzene rings is 1. The van der Waals surface area contributed by atoms with Gasteiger partial charge in [0.25, 0.3) is 0 Å². The highest BCUT2D eigenvalue weighted by Crippen LogP contribution is 2.22. The molecule has 7 heteroatoms. The number of hydrogen-bond donors (Lipinski definition) is 0. The smallest absolute Gasteiger partial charge is 0.214 e. The van der Waals surface area contributed by atoms with Gasteiger partial charge in [0.05, 0.1) is 5.69 Å². The van der Waals surface area contributed by atoms with Crippen molar-refractivity contribution in [1.82, 2.24) is 25.2 Å². The number of tetrazole rings is 1. The highest BCUT2D eigenvalue weighted by molar-refractivity contribution is 7.98. The van der Waals surface area contributed by atoms with Crippen LogP contribution in [0.5, 0.6) is 0 Å². The molecule has 0 atom stereocenters. The second kappa shape index (κ2) is 6.24. The summed E-state index contributed by atoms with van der Waals surface area (Å²) in [6, 6.07) is 11.8. The lowest BCUT2D eigenvalue weighted by Gasteiger charge is -2.05. The predicted molar refractivity (Wildman–Crippen MR) is 82.7 cm³/mol. The minimum Gasteiger partial charge on any atom is -0.244 e. The Bertz CT molecular complexity index is 741. The molecule has 0 N–H and O–H groups in total. The van der Waals surface area contributed by atoms with Crippen LogP contribution in [0.1, 0.15) is 11.1 Å². The molecule has 0 aliphatic heterocycles. The number of nitrogens with zero attached hydrogens (tertiary/aromatic N) is 5. The van der Waals surface area contributed by atoms with Crippen molar-refractivity contribution >= 4 is 23.4 Å². The van der Waals surface area contributed by atoms with Gasteiger partial charge in [-0.15, -0.1) is 5.10 Å². The van der Waals surface area contributed by atoms with Gasteiger partial charge in [-0.25, -0.2) is 4.98 Å². The zero-order valence-electron chi connectivity index (χ0n) is 11.3. The second-order valence-electron chi connectivity index (χ2n) is 4.49. The average Bonchev–Trinajstić information content (AvgIpc) is 2.95. The monoisotopic (exact) mass is 317 g/mol. The molecule has 1 aromatic carbocycles. The molecule has 0 bridgehead atoms. The van der Waals surface area contributed by atoms with Gasteiger partial charge in [-0.05, 0) is 46.7 Å². The predicted octanol–water partition coefficient (Wildman–Crippen LogP) is 3.31. The van der Waals surface area contributed by atoms with E-state index in [0.717, 1.165) is 22.2 Å². The number of halogens is 1. The first-order chi connectivity index (χ1) is 10.2. The highest BCUT2D eigenvalue weighted by atomic mass is 35.5. The Kier molecular flexibility index (Phi) is 4.17. The van der Waals surface area contributed by atoms with Crippen molar-refractivity contribution in [3.8, 4) is 5.69 Å². The molecule has 0 amide bonds. The van der Waals surface area contributed by atoms with Crippen LogP contribution >= 0.6 is 23.4 Å². The fourth-order valence-corrected chi connectivity index (χ4v) is 2.77. The van der Waals surface area contributed by atoms with E-state index in [1.54, 1.807) is 28.7 Å². The number of aromatic nitrogens is 5. The minimum absolute atomic E-state index is 0.494. The SMILES string of the molecule is Cc1cccc(-n2nnnc2SCc2ccc(Cl)nc2)c1. The lowest BCUT2D eigenvalue weighted by Crippen LogP contribution is -1.99. The third-order valence-electron chi connectivity index (χ3n) is 2.84. The number of rotatable bonds is 4. The van der Waals surface area contributed by atoms with Crippen LogP contribution in [-0.2, 0) is 5.75 Å². The van der Waals surface area contributed by atoms with Gasteiger partial charge in [0.1, 0.15) is 5.15 Å². The summed E-state index contributed by atoms with van der Waals surface area (Å²) in [5.41, 5.74) is 3.20. The number of hydrogen-bond acceptors (Lipinski definition) is 5. The maximum Gasteiger partial charge on any atom is 0.214 e. The fraction of sp³-hybridized carbons (Fsp3) is 0.143. The molecule has 0 saturated heterocycles. The summed E-state index contributed by atoms with van der Waals surface area (Å²) in [7, 11) is 0. The third kappa shape index (κ3) is 3.40. The molecule has 0 saturated carbocycles. The van der Waals surface area contributed by atoms with E-state index in [2.05, 4.69) is 20.5 Å². The molecule has 3 rings (SSSR count). The number of pyridine rings is 1. The summed E-state index contributed by atoms with van der Waals surface area (Å²) in [6.07, 6.45) is 1.76. The van der Waals surface area contributed by atoms with E-state index in [1.807, 2.05) is 37.3 Å². The molecule has 5 nitrogen and oxygen atoms in total. The quantitative estimate of drug-likeness (QED) is 0.546. The first-order valence-electron chi connectivity index (χ1n) is 6.31. The van der Waals surface area contributed by atoms with E-state index in [-0.39, 0.29) is 0 Å². The Hall–Kier alpha value is -1.92. The van der Waals surface area contributed by atoms with Crippen molar-refractivity contribution in [3.63, 3.8) is 0 Å². The lowest BCUT2D eigenvalue weighted by atomic mass is 10.2. The summed E-state index contributed by atoms with van der Waals surface area (Å²) < 4.78 is 1.74. The molecule has 3 aromatic rings. The van der Waals surface area contributed by atoms with Crippen molar-refractivity contribution in [2.45, 2.75) is 17.8 Å². The lowest BCUT2D eigenvalue weighted by molar-refractivity contribution is 0.755. The molecular weight excluding hydrogens is 306 g/mol. The maximum absolute atomic E-state index is 5.78. The standard InChI is InChI=1S/C14H12ClN5S/c1-10-3-2-4-12(7-10)20-14(17-18-19-20)21-9-11-5-6-13(15)16-8-11/h2-8H,9H2,1H3. The molecule has 0 unspecified atom stereocenters. The van der Waals surface area contributed by atoms with Crippen LogP contribution in [0.15, 0.2) is 47.8 Å². The molecule has 0 aliphatic rings. The molecular formula is C14H12ClN5S. The van der Waals surface area contributed by atoms with Crippen molar-refractivity contribution in [2.75, 3.05) is 0 Å². The number of thioether (sulfide) groups is 1. The minimum atomic E-state index is 0.494. The molecule has 106 valence electrons. The Morgan fingerprint density at radius 2 is 2.14 bits per heavy atom. The zero-order chi connectivity index (χ0) is 14.7. The van der Waals surface area contributed by atoms with Gasteiger partial charge in [0, 0.05) is 11.9 Å². The van der Waals surface area contributed by atoms with E-state index in [0.29, 0.717) is 5.15 Å². The van der Waals surface area contributed by atoms with Gasteiger partial charge < -0.3 is 0 Å².